The third-order valence-electron chi connectivity index (χ3n) is 3.49. The predicted molar refractivity (Wildman–Crippen MR) is 102 cm³/mol. The number of halogens is 1. The molecule has 1 aromatic heterocycles. The van der Waals surface area contributed by atoms with E-state index in [4.69, 9.17) is 16.3 Å². The minimum absolute atomic E-state index is 0.329. The number of methoxy groups -OCH3 is 1. The van der Waals surface area contributed by atoms with Crippen LogP contribution in [0.3, 0.4) is 0 Å². The second kappa shape index (κ2) is 7.99. The summed E-state index contributed by atoms with van der Waals surface area (Å²) in [6.07, 6.45) is 1.60. The molecule has 2 N–H and O–H groups in total. The number of aromatic nitrogens is 1. The second-order valence-corrected chi connectivity index (χ2v) is 6.44. The van der Waals surface area contributed by atoms with E-state index in [0.717, 1.165) is 0 Å². The molecule has 0 spiro atoms. The van der Waals surface area contributed by atoms with Crippen molar-refractivity contribution in [1.82, 2.24) is 4.98 Å². The lowest BCUT2D eigenvalue weighted by molar-refractivity contribution is 0.102. The van der Waals surface area contributed by atoms with E-state index in [1.54, 1.807) is 48.0 Å². The summed E-state index contributed by atoms with van der Waals surface area (Å²) in [6.45, 7) is 0. The van der Waals surface area contributed by atoms with Gasteiger partial charge in [-0.15, -0.1) is 11.3 Å². The van der Waals surface area contributed by atoms with Crippen LogP contribution in [0, 0.1) is 0 Å². The first-order valence-electron chi connectivity index (χ1n) is 7.53. The van der Waals surface area contributed by atoms with Gasteiger partial charge < -0.3 is 10.1 Å². The van der Waals surface area contributed by atoms with Gasteiger partial charge in [-0.05, 0) is 30.3 Å². The number of ether oxygens (including phenoxy) is 1. The van der Waals surface area contributed by atoms with Gasteiger partial charge in [0.15, 0.2) is 5.13 Å². The van der Waals surface area contributed by atoms with Crippen LogP contribution in [0.1, 0.15) is 20.7 Å². The zero-order valence-corrected chi connectivity index (χ0v) is 15.2. The molecule has 132 valence electrons. The van der Waals surface area contributed by atoms with E-state index in [1.165, 1.54) is 24.5 Å². The number of nitrogens with zero attached hydrogens (tertiary/aromatic N) is 1. The highest BCUT2D eigenvalue weighted by Gasteiger charge is 2.16. The van der Waals surface area contributed by atoms with E-state index in [2.05, 4.69) is 15.6 Å². The zero-order chi connectivity index (χ0) is 18.5. The summed E-state index contributed by atoms with van der Waals surface area (Å²) in [7, 11) is 1.50. The number of para-hydroxylation sites is 1. The highest BCUT2D eigenvalue weighted by Crippen LogP contribution is 2.26. The number of amides is 2. The molecule has 0 saturated heterocycles. The molecule has 0 unspecified atom stereocenters. The van der Waals surface area contributed by atoms with E-state index in [1.807, 2.05) is 0 Å². The van der Waals surface area contributed by atoms with E-state index >= 15 is 0 Å². The number of benzene rings is 2. The Morgan fingerprint density at radius 3 is 2.62 bits per heavy atom. The molecule has 0 aliphatic heterocycles. The molecule has 0 saturated carbocycles. The number of nitrogens with one attached hydrogen (secondary N) is 2. The fourth-order valence-corrected chi connectivity index (χ4v) is 3.02. The van der Waals surface area contributed by atoms with Crippen LogP contribution in [-0.2, 0) is 0 Å². The molecule has 0 radical (unpaired) electrons. The Labute approximate surface area is 158 Å². The first-order chi connectivity index (χ1) is 12.6. The van der Waals surface area contributed by atoms with Crippen molar-refractivity contribution in [3.8, 4) is 5.75 Å². The number of thiazole rings is 1. The third-order valence-corrected chi connectivity index (χ3v) is 4.47. The van der Waals surface area contributed by atoms with Crippen molar-refractivity contribution in [1.29, 1.82) is 0 Å². The highest BCUT2D eigenvalue weighted by atomic mass is 35.5. The molecule has 8 heteroatoms. The number of carbonyl (C=O) groups excluding carboxylic acids is 2. The van der Waals surface area contributed by atoms with Crippen LogP contribution in [0.4, 0.5) is 10.8 Å². The Balaban J connectivity index is 1.80. The van der Waals surface area contributed by atoms with E-state index < -0.39 is 0 Å². The molecule has 0 atom stereocenters. The number of anilines is 2. The van der Waals surface area contributed by atoms with Gasteiger partial charge in [0, 0.05) is 17.1 Å². The van der Waals surface area contributed by atoms with Crippen molar-refractivity contribution in [2.45, 2.75) is 0 Å². The van der Waals surface area contributed by atoms with Gasteiger partial charge in [0.2, 0.25) is 0 Å². The first kappa shape index (κ1) is 17.9. The third kappa shape index (κ3) is 4.01. The van der Waals surface area contributed by atoms with Crippen LogP contribution < -0.4 is 15.4 Å². The molecule has 2 amide bonds. The van der Waals surface area contributed by atoms with Gasteiger partial charge in [-0.1, -0.05) is 23.7 Å². The van der Waals surface area contributed by atoms with Crippen molar-refractivity contribution in [3.63, 3.8) is 0 Å². The average Bonchev–Trinajstić information content (AvgIpc) is 3.15. The monoisotopic (exact) mass is 387 g/mol. The maximum Gasteiger partial charge on any atom is 0.259 e. The summed E-state index contributed by atoms with van der Waals surface area (Å²) in [5.74, 6) is -0.265. The Bertz CT molecular complexity index is 945. The molecule has 3 rings (SSSR count). The Morgan fingerprint density at radius 2 is 1.92 bits per heavy atom. The van der Waals surface area contributed by atoms with Crippen molar-refractivity contribution in [2.24, 2.45) is 0 Å². The number of rotatable bonds is 5. The zero-order valence-electron chi connectivity index (χ0n) is 13.7. The van der Waals surface area contributed by atoms with Crippen molar-refractivity contribution >= 4 is 45.6 Å². The van der Waals surface area contributed by atoms with Gasteiger partial charge in [0.1, 0.15) is 5.75 Å². The first-order valence-corrected chi connectivity index (χ1v) is 8.79. The molecule has 0 aliphatic carbocycles. The molecule has 26 heavy (non-hydrogen) atoms. The Kier molecular flexibility index (Phi) is 5.50. The molecule has 3 aromatic rings. The number of hydrogen-bond donors (Lipinski definition) is 2. The van der Waals surface area contributed by atoms with Gasteiger partial charge in [-0.25, -0.2) is 4.98 Å². The van der Waals surface area contributed by atoms with Crippen LogP contribution in [0.15, 0.2) is 54.0 Å². The summed E-state index contributed by atoms with van der Waals surface area (Å²) < 4.78 is 5.08. The maximum atomic E-state index is 12.5. The van der Waals surface area contributed by atoms with Gasteiger partial charge in [0.25, 0.3) is 11.8 Å². The normalized spacial score (nSPS) is 10.2. The second-order valence-electron chi connectivity index (χ2n) is 5.14. The molecule has 0 fully saturated rings. The lowest BCUT2D eigenvalue weighted by atomic mass is 10.1. The van der Waals surface area contributed by atoms with Crippen LogP contribution in [0.2, 0.25) is 5.02 Å². The standard InChI is InChI=1S/C18H14ClN3O3S/c1-25-15-7-6-11(10-13(15)19)16(23)21-14-5-3-2-4-12(14)17(24)22-18-20-8-9-26-18/h2-10H,1H3,(H,21,23)(H,20,22,24). The minimum Gasteiger partial charge on any atom is -0.495 e. The van der Waals surface area contributed by atoms with Gasteiger partial charge in [-0.2, -0.15) is 0 Å². The van der Waals surface area contributed by atoms with Crippen LogP contribution in [-0.4, -0.2) is 23.9 Å². The summed E-state index contributed by atoms with van der Waals surface area (Å²) in [4.78, 5) is 29.0. The summed E-state index contributed by atoms with van der Waals surface area (Å²) in [6, 6.07) is 11.4. The average molecular weight is 388 g/mol. The van der Waals surface area contributed by atoms with Crippen molar-refractivity contribution in [2.75, 3.05) is 17.7 Å². The topological polar surface area (TPSA) is 80.3 Å². The van der Waals surface area contributed by atoms with E-state index in [0.29, 0.717) is 32.7 Å². The molecule has 1 heterocycles. The van der Waals surface area contributed by atoms with Gasteiger partial charge in [-0.3, -0.25) is 14.9 Å². The molecule has 2 aromatic carbocycles. The number of hydrogen-bond acceptors (Lipinski definition) is 5. The number of carbonyl (C=O) groups is 2. The maximum absolute atomic E-state index is 12.5. The largest absolute Gasteiger partial charge is 0.495 e. The fraction of sp³-hybridized carbons (Fsp3) is 0.0556. The van der Waals surface area contributed by atoms with Crippen molar-refractivity contribution < 1.29 is 14.3 Å². The lowest BCUT2D eigenvalue weighted by Gasteiger charge is -2.11. The predicted octanol–water partition coefficient (Wildman–Crippen LogP) is 4.31. The molecule has 6 nitrogen and oxygen atoms in total. The molecular formula is C18H14ClN3O3S. The van der Waals surface area contributed by atoms with E-state index in [-0.39, 0.29) is 11.8 Å². The summed E-state index contributed by atoms with van der Waals surface area (Å²) in [5.41, 5.74) is 1.07. The van der Waals surface area contributed by atoms with E-state index in [9.17, 15) is 9.59 Å². The van der Waals surface area contributed by atoms with Crippen molar-refractivity contribution in [3.05, 3.63) is 70.2 Å². The Hall–Kier alpha value is -2.90. The summed E-state index contributed by atoms with van der Waals surface area (Å²) in [5, 5.41) is 8.00. The summed E-state index contributed by atoms with van der Waals surface area (Å²) >= 11 is 7.37. The highest BCUT2D eigenvalue weighted by molar-refractivity contribution is 7.13. The van der Waals surface area contributed by atoms with Crippen LogP contribution in [0.25, 0.3) is 0 Å². The Morgan fingerprint density at radius 1 is 1.12 bits per heavy atom. The van der Waals surface area contributed by atoms with Gasteiger partial charge in [0.05, 0.1) is 23.4 Å². The van der Waals surface area contributed by atoms with Crippen LogP contribution in [0.5, 0.6) is 5.75 Å². The lowest BCUT2D eigenvalue weighted by Crippen LogP contribution is -2.18. The van der Waals surface area contributed by atoms with Gasteiger partial charge >= 0.3 is 0 Å². The smallest absolute Gasteiger partial charge is 0.259 e. The molecule has 0 bridgehead atoms. The fourth-order valence-electron chi connectivity index (χ4n) is 2.24. The minimum atomic E-state index is -0.385. The quantitative estimate of drug-likeness (QED) is 0.683. The van der Waals surface area contributed by atoms with Crippen LogP contribution >= 0.6 is 22.9 Å². The molecule has 0 aliphatic rings. The molecular weight excluding hydrogens is 374 g/mol. The SMILES string of the molecule is COc1ccc(C(=O)Nc2ccccc2C(=O)Nc2nccs2)cc1Cl.